The first-order valence-corrected chi connectivity index (χ1v) is 21.5. The number of aromatic nitrogens is 3. The molecule has 5 aromatic rings. The van der Waals surface area contributed by atoms with Crippen LogP contribution in [0.4, 0.5) is 20.3 Å². The normalized spacial score (nSPS) is 13.2. The molecule has 65 heavy (non-hydrogen) atoms. The van der Waals surface area contributed by atoms with Gasteiger partial charge in [0.05, 0.1) is 36.5 Å². The quantitative estimate of drug-likeness (QED) is 0.0364. The number of carbonyl (C=O) groups is 5. The molecule has 346 valence electrons. The third-order valence-corrected chi connectivity index (χ3v) is 11.3. The average molecular weight is 898 g/mol. The van der Waals surface area contributed by atoms with Crippen molar-refractivity contribution < 1.29 is 47.3 Å². The number of esters is 1. The van der Waals surface area contributed by atoms with E-state index in [-0.39, 0.29) is 61.0 Å². The van der Waals surface area contributed by atoms with Crippen molar-refractivity contribution in [3.05, 3.63) is 107 Å². The summed E-state index contributed by atoms with van der Waals surface area (Å²) in [7, 11) is 1.26. The molecular formula is C48H57F2N7O8. The van der Waals surface area contributed by atoms with Gasteiger partial charge < -0.3 is 36.2 Å². The van der Waals surface area contributed by atoms with E-state index in [0.29, 0.717) is 91.0 Å². The summed E-state index contributed by atoms with van der Waals surface area (Å²) in [5, 5.41) is 19.0. The summed E-state index contributed by atoms with van der Waals surface area (Å²) in [6.45, 7) is 7.59. The van der Waals surface area contributed by atoms with Crippen LogP contribution in [0.25, 0.3) is 16.9 Å². The number of nitrogens with one attached hydrogen (secondary N) is 2. The van der Waals surface area contributed by atoms with E-state index in [4.69, 9.17) is 9.47 Å². The van der Waals surface area contributed by atoms with Gasteiger partial charge in [0.25, 0.3) is 17.7 Å². The van der Waals surface area contributed by atoms with Crippen LogP contribution in [0, 0.1) is 17.0 Å². The second kappa shape index (κ2) is 21.3. The molecule has 0 fully saturated rings. The van der Waals surface area contributed by atoms with Crippen molar-refractivity contribution in [2.75, 3.05) is 25.5 Å². The minimum Gasteiger partial charge on any atom is -0.550 e. The molecule has 3 amide bonds. The number of hydrogen-bond donors (Lipinski definition) is 3. The van der Waals surface area contributed by atoms with Crippen molar-refractivity contribution in [1.82, 2.24) is 30.7 Å². The zero-order chi connectivity index (χ0) is 46.2. The van der Waals surface area contributed by atoms with Crippen molar-refractivity contribution >= 4 is 46.8 Å². The van der Waals surface area contributed by atoms with Crippen LogP contribution in [0.5, 0.6) is 5.75 Å². The summed E-state index contributed by atoms with van der Waals surface area (Å²) < 4.78 is 41.5. The third kappa shape index (κ3) is 11.3. The maximum Gasteiger partial charge on any atom is 0.307 e. The van der Waals surface area contributed by atoms with Crippen molar-refractivity contribution in [3.63, 3.8) is 0 Å². The van der Waals surface area contributed by atoms with E-state index in [9.17, 15) is 37.9 Å². The fourth-order valence-corrected chi connectivity index (χ4v) is 8.06. The molecule has 1 unspecified atom stereocenters. The van der Waals surface area contributed by atoms with Gasteiger partial charge in [-0.15, -0.1) is 0 Å². The first kappa shape index (κ1) is 49.3. The number of carboxylic acid groups (broad SMARTS) is 1. The number of rotatable bonds is 21. The maximum atomic E-state index is 15.0. The number of halogens is 2. The molecular weight excluding hydrogens is 841 g/mol. The minimum absolute atomic E-state index is 0. The molecule has 6 N–H and O–H groups in total. The lowest BCUT2D eigenvalue weighted by Crippen LogP contribution is -2.45. The van der Waals surface area contributed by atoms with Crippen molar-refractivity contribution in [2.24, 2.45) is 5.41 Å². The van der Waals surface area contributed by atoms with Crippen LogP contribution in [-0.4, -0.2) is 74.7 Å². The standard InChI is InChI=1S/C48H54F2N6O8.H3N/c1-6-30-27-31(54-41-42-53-29-36(55(42)26-24-51-41)35-19-20-37(63-5)40(50)39(35)49)17-18-32(30)43(58)52-23-13-7-11-21-48(46(61)62,28-38(57)64-47(2,3)4)22-12-8-14-25-56-44(59)33-15-9-10-16-34(33)45(56)60;/h9-10,15-20,24,26-27,29H,6-8,11-14,21-23,25,28H2,1-5H3,(H,51,54)(H,52,58)(H,61,62);1H3. The molecule has 1 aliphatic heterocycles. The topological polar surface area (TPSA) is 221 Å². The van der Waals surface area contributed by atoms with Gasteiger partial charge >= 0.3 is 5.97 Å². The van der Waals surface area contributed by atoms with Gasteiger partial charge in [-0.2, -0.15) is 4.39 Å². The number of aliphatic carboxylic acids is 1. The molecule has 0 radical (unpaired) electrons. The largest absolute Gasteiger partial charge is 0.550 e. The van der Waals surface area contributed by atoms with E-state index in [1.807, 2.05) is 13.0 Å². The first-order chi connectivity index (χ1) is 30.6. The Morgan fingerprint density at radius 2 is 1.52 bits per heavy atom. The Hall–Kier alpha value is -6.75. The molecule has 2 aromatic heterocycles. The third-order valence-electron chi connectivity index (χ3n) is 11.3. The van der Waals surface area contributed by atoms with Gasteiger partial charge in [-0.05, 0) is 101 Å². The number of imidazole rings is 1. The number of hydrogen-bond acceptors (Lipinski definition) is 11. The Morgan fingerprint density at radius 1 is 0.846 bits per heavy atom. The lowest BCUT2D eigenvalue weighted by Gasteiger charge is -2.35. The van der Waals surface area contributed by atoms with Gasteiger partial charge in [0.1, 0.15) is 5.60 Å². The number of unbranched alkanes of at least 4 members (excludes halogenated alkanes) is 4. The number of nitrogens with zero attached hydrogens (tertiary/aromatic N) is 4. The van der Waals surface area contributed by atoms with E-state index in [1.54, 1.807) is 67.8 Å². The molecule has 1 aliphatic rings. The van der Waals surface area contributed by atoms with Crippen molar-refractivity contribution in [3.8, 4) is 17.0 Å². The average Bonchev–Trinajstić information content (AvgIpc) is 3.80. The van der Waals surface area contributed by atoms with Crippen LogP contribution in [-0.2, 0) is 20.7 Å². The molecule has 3 heterocycles. The smallest absolute Gasteiger partial charge is 0.307 e. The molecule has 6 rings (SSSR count). The molecule has 0 saturated carbocycles. The molecule has 15 nitrogen and oxygen atoms in total. The molecule has 0 aliphatic carbocycles. The summed E-state index contributed by atoms with van der Waals surface area (Å²) >= 11 is 0. The molecule has 0 bridgehead atoms. The van der Waals surface area contributed by atoms with E-state index < -0.39 is 34.6 Å². The van der Waals surface area contributed by atoms with Crippen LogP contribution in [0.2, 0.25) is 0 Å². The van der Waals surface area contributed by atoms with Gasteiger partial charge in [-0.25, -0.2) is 14.4 Å². The Bertz CT molecular complexity index is 2520. The van der Waals surface area contributed by atoms with Crippen LogP contribution >= 0.6 is 0 Å². The number of methoxy groups -OCH3 is 1. The van der Waals surface area contributed by atoms with E-state index >= 15 is 0 Å². The number of quaternary nitrogens is 1. The fourth-order valence-electron chi connectivity index (χ4n) is 8.06. The predicted octanol–water partition coefficient (Wildman–Crippen LogP) is 7.98. The fraction of sp³-hybridized carbons (Fsp3) is 0.396. The highest BCUT2D eigenvalue weighted by atomic mass is 19.2. The minimum atomic E-state index is -1.48. The number of fused-ring (bicyclic) bond motifs is 2. The number of ether oxygens (including phenoxy) is 2. The summed E-state index contributed by atoms with van der Waals surface area (Å²) in [4.78, 5) is 74.7. The highest BCUT2D eigenvalue weighted by Crippen LogP contribution is 2.37. The Labute approximate surface area is 376 Å². The summed E-state index contributed by atoms with van der Waals surface area (Å²) in [6, 6.07) is 14.7. The van der Waals surface area contributed by atoms with Gasteiger partial charge in [-0.3, -0.25) is 28.5 Å². The predicted molar refractivity (Wildman–Crippen MR) is 239 cm³/mol. The van der Waals surface area contributed by atoms with Gasteiger partial charge in [0, 0.05) is 53.7 Å². The van der Waals surface area contributed by atoms with Gasteiger partial charge in [-0.1, -0.05) is 44.7 Å². The van der Waals surface area contributed by atoms with Crippen LogP contribution < -0.4 is 26.6 Å². The molecule has 1 atom stereocenters. The molecule has 0 saturated heterocycles. The number of carboxylic acids is 1. The van der Waals surface area contributed by atoms with E-state index in [1.165, 1.54) is 36.5 Å². The summed E-state index contributed by atoms with van der Waals surface area (Å²) in [5.74, 6) is -4.95. The second-order valence-electron chi connectivity index (χ2n) is 16.9. The monoisotopic (exact) mass is 897 g/mol. The molecule has 0 spiro atoms. The first-order valence-electron chi connectivity index (χ1n) is 21.5. The Morgan fingerprint density at radius 3 is 2.15 bits per heavy atom. The number of benzene rings is 3. The molecule has 3 aromatic carbocycles. The summed E-state index contributed by atoms with van der Waals surface area (Å²) in [5.41, 5.74) is 1.00. The number of carbonyl (C=O) groups excluding carboxylic acids is 5. The second-order valence-corrected chi connectivity index (χ2v) is 16.9. The number of aryl methyl sites for hydroxylation is 1. The number of anilines is 2. The zero-order valence-electron chi connectivity index (χ0n) is 37.7. The highest BCUT2D eigenvalue weighted by Gasteiger charge is 2.37. The van der Waals surface area contributed by atoms with Crippen LogP contribution in [0.3, 0.4) is 0 Å². The summed E-state index contributed by atoms with van der Waals surface area (Å²) in [6.07, 6.45) is 8.01. The van der Waals surface area contributed by atoms with Crippen LogP contribution in [0.15, 0.2) is 73.2 Å². The zero-order valence-corrected chi connectivity index (χ0v) is 37.7. The Balaban J connectivity index is 0.00000793. The van der Waals surface area contributed by atoms with Crippen molar-refractivity contribution in [2.45, 2.75) is 97.5 Å². The maximum absolute atomic E-state index is 15.0. The lowest BCUT2D eigenvalue weighted by atomic mass is 9.75. The van der Waals surface area contributed by atoms with Crippen LogP contribution in [0.1, 0.15) is 122 Å². The van der Waals surface area contributed by atoms with Gasteiger partial charge in [0.2, 0.25) is 5.82 Å². The Kier molecular flexibility index (Phi) is 16.1. The highest BCUT2D eigenvalue weighted by molar-refractivity contribution is 6.21. The van der Waals surface area contributed by atoms with E-state index in [2.05, 4.69) is 20.6 Å². The molecule has 17 heteroatoms. The van der Waals surface area contributed by atoms with Gasteiger partial charge in [0.15, 0.2) is 23.0 Å². The number of amides is 3. The van der Waals surface area contributed by atoms with Crippen molar-refractivity contribution in [1.29, 1.82) is 0 Å². The SMILES string of the molecule is CCc1cc(Nc2nccn3c(-c4ccc(OC)c(F)c4F)cnc23)ccc1C(=O)NCCCCCC(CCCCCN1C(=O)c2ccccc2C1=O)(CC(=O)OC(C)(C)C)C(=O)[O-].[NH4+]. The number of imide groups is 1. The van der Waals surface area contributed by atoms with E-state index in [0.717, 1.165) is 5.56 Å². The lowest BCUT2D eigenvalue weighted by molar-refractivity contribution is -0.320.